The third kappa shape index (κ3) is 5.46. The molecule has 1 aromatic carbocycles. The fourth-order valence-corrected chi connectivity index (χ4v) is 5.24. The Morgan fingerprint density at radius 2 is 1.84 bits per heavy atom. The van der Waals surface area contributed by atoms with E-state index in [1.807, 2.05) is 19.1 Å². The number of anilines is 4. The molecule has 8 nitrogen and oxygen atoms in total. The number of hydrogen-bond donors (Lipinski definition) is 1. The second-order valence-corrected chi connectivity index (χ2v) is 10.2. The van der Waals surface area contributed by atoms with Crippen molar-refractivity contribution < 1.29 is 9.18 Å². The van der Waals surface area contributed by atoms with Gasteiger partial charge in [-0.25, -0.2) is 14.4 Å². The molecule has 4 heterocycles. The molecule has 2 aliphatic heterocycles. The lowest BCUT2D eigenvalue weighted by Crippen LogP contribution is -2.47. The molecule has 0 aliphatic carbocycles. The summed E-state index contributed by atoms with van der Waals surface area (Å²) in [4.78, 5) is 32.6. The summed E-state index contributed by atoms with van der Waals surface area (Å²) < 4.78 is 13.8. The van der Waals surface area contributed by atoms with Gasteiger partial charge in [0.15, 0.2) is 0 Å². The number of aryl methyl sites for hydroxylation is 1. The predicted molar refractivity (Wildman–Crippen MR) is 146 cm³/mol. The highest BCUT2D eigenvalue weighted by Crippen LogP contribution is 2.31. The van der Waals surface area contributed by atoms with Gasteiger partial charge in [-0.2, -0.15) is 4.98 Å². The smallest absolute Gasteiger partial charge is 0.228 e. The number of carbonyl (C=O) groups is 1. The number of piperazine rings is 1. The van der Waals surface area contributed by atoms with Crippen LogP contribution in [0.2, 0.25) is 5.02 Å². The van der Waals surface area contributed by atoms with Crippen LogP contribution in [0, 0.1) is 12.7 Å². The highest BCUT2D eigenvalue weighted by Gasteiger charge is 2.26. The Labute approximate surface area is 221 Å². The molecular weight excluding hydrogens is 493 g/mol. The van der Waals surface area contributed by atoms with Gasteiger partial charge >= 0.3 is 0 Å². The minimum Gasteiger partial charge on any atom is -0.353 e. The minimum atomic E-state index is -0.446. The Kier molecular flexibility index (Phi) is 7.15. The van der Waals surface area contributed by atoms with Crippen molar-refractivity contribution in [1.82, 2.24) is 15.0 Å². The summed E-state index contributed by atoms with van der Waals surface area (Å²) in [7, 11) is 0. The number of nitrogens with one attached hydrogen (secondary N) is 1. The summed E-state index contributed by atoms with van der Waals surface area (Å²) in [6, 6.07) is 8.99. The number of pyridine rings is 1. The van der Waals surface area contributed by atoms with Crippen LogP contribution in [-0.2, 0) is 4.79 Å². The molecule has 1 unspecified atom stereocenters. The zero-order valence-corrected chi connectivity index (χ0v) is 22.1. The van der Waals surface area contributed by atoms with Gasteiger partial charge in [0.05, 0.1) is 22.6 Å². The molecule has 1 amide bonds. The topological polar surface area (TPSA) is 77.5 Å². The first kappa shape index (κ1) is 25.2. The first-order chi connectivity index (χ1) is 17.8. The van der Waals surface area contributed by atoms with E-state index in [2.05, 4.69) is 31.9 Å². The fraction of sp³-hybridized carbons (Fsp3) is 0.407. The summed E-state index contributed by atoms with van der Waals surface area (Å²) in [6.45, 7) is 9.71. The molecule has 3 aromatic rings. The number of benzene rings is 1. The van der Waals surface area contributed by atoms with Gasteiger partial charge in [0.2, 0.25) is 11.9 Å². The number of aromatic nitrogens is 3. The fourth-order valence-electron chi connectivity index (χ4n) is 5.06. The van der Waals surface area contributed by atoms with E-state index < -0.39 is 5.82 Å². The van der Waals surface area contributed by atoms with E-state index in [9.17, 15) is 9.18 Å². The molecule has 5 rings (SSSR count). The number of halogens is 2. The molecule has 10 heteroatoms. The first-order valence-electron chi connectivity index (χ1n) is 12.6. The lowest BCUT2D eigenvalue weighted by atomic mass is 10.1. The van der Waals surface area contributed by atoms with Crippen molar-refractivity contribution >= 4 is 40.8 Å². The van der Waals surface area contributed by atoms with E-state index in [0.717, 1.165) is 74.0 Å². The molecule has 2 fully saturated rings. The van der Waals surface area contributed by atoms with E-state index in [4.69, 9.17) is 21.6 Å². The van der Waals surface area contributed by atoms with Gasteiger partial charge in [0.25, 0.3) is 0 Å². The number of amides is 1. The average molecular weight is 524 g/mol. The van der Waals surface area contributed by atoms with Crippen molar-refractivity contribution in [3.05, 3.63) is 52.9 Å². The van der Waals surface area contributed by atoms with Crippen molar-refractivity contribution in [3.63, 3.8) is 0 Å². The Morgan fingerprint density at radius 3 is 2.49 bits per heavy atom. The van der Waals surface area contributed by atoms with Crippen LogP contribution in [0.15, 0.2) is 36.5 Å². The van der Waals surface area contributed by atoms with Gasteiger partial charge in [-0.15, -0.1) is 0 Å². The van der Waals surface area contributed by atoms with Gasteiger partial charge in [-0.1, -0.05) is 11.6 Å². The molecule has 2 aromatic heterocycles. The number of carbonyl (C=O) groups excluding carboxylic acids is 1. The molecule has 194 valence electrons. The molecular formula is C27H31ClFN7O. The lowest BCUT2D eigenvalue weighted by molar-refractivity contribution is -0.114. The van der Waals surface area contributed by atoms with Crippen LogP contribution in [0.1, 0.15) is 32.3 Å². The minimum absolute atomic E-state index is 0.0785. The van der Waals surface area contributed by atoms with Crippen LogP contribution in [0.25, 0.3) is 11.3 Å². The molecule has 0 radical (unpaired) electrons. The van der Waals surface area contributed by atoms with Gasteiger partial charge in [0.1, 0.15) is 17.5 Å². The summed E-state index contributed by atoms with van der Waals surface area (Å²) in [5.74, 6) is 1.91. The summed E-state index contributed by atoms with van der Waals surface area (Å²) in [5, 5.41) is 2.86. The first-order valence-corrected chi connectivity index (χ1v) is 13.0. The predicted octanol–water partition coefficient (Wildman–Crippen LogP) is 4.91. The highest BCUT2D eigenvalue weighted by atomic mass is 35.5. The maximum absolute atomic E-state index is 13.8. The van der Waals surface area contributed by atoms with E-state index >= 15 is 0 Å². The maximum Gasteiger partial charge on any atom is 0.228 e. The van der Waals surface area contributed by atoms with Crippen molar-refractivity contribution in [3.8, 4) is 11.3 Å². The van der Waals surface area contributed by atoms with E-state index in [1.165, 1.54) is 13.0 Å². The largest absolute Gasteiger partial charge is 0.353 e. The highest BCUT2D eigenvalue weighted by molar-refractivity contribution is 6.31. The van der Waals surface area contributed by atoms with Crippen molar-refractivity contribution in [2.75, 3.05) is 52.7 Å². The molecule has 1 N–H and O–H groups in total. The zero-order valence-electron chi connectivity index (χ0n) is 21.3. The second-order valence-electron chi connectivity index (χ2n) is 9.74. The van der Waals surface area contributed by atoms with Crippen LogP contribution in [-0.4, -0.2) is 59.6 Å². The Balaban J connectivity index is 1.39. The molecule has 0 spiro atoms. The van der Waals surface area contributed by atoms with E-state index in [0.29, 0.717) is 17.7 Å². The van der Waals surface area contributed by atoms with Crippen molar-refractivity contribution in [1.29, 1.82) is 0 Å². The molecule has 0 bridgehead atoms. The summed E-state index contributed by atoms with van der Waals surface area (Å²) in [5.41, 5.74) is 3.21. The normalized spacial score (nSPS) is 17.9. The Hall–Kier alpha value is -3.46. The van der Waals surface area contributed by atoms with E-state index in [1.54, 1.807) is 18.3 Å². The van der Waals surface area contributed by atoms with Crippen molar-refractivity contribution in [2.24, 2.45) is 0 Å². The summed E-state index contributed by atoms with van der Waals surface area (Å²) in [6.07, 6.45) is 3.92. The van der Waals surface area contributed by atoms with Crippen LogP contribution in [0.4, 0.5) is 27.7 Å². The number of hydrogen-bond acceptors (Lipinski definition) is 7. The van der Waals surface area contributed by atoms with Gasteiger partial charge in [-0.05, 0) is 56.5 Å². The standard InChI is InChI=1S/C27H31ClFN7O/c1-17-13-21(31-19(3)37)16-30-26(17)35-11-9-34(10-12-35)25-15-24(20-6-7-23(29)22(28)14-20)32-27(33-25)36-8-4-5-18(36)2/h6-7,13-16,18H,4-5,8-12H2,1-3H3,(H,31,37). The Bertz CT molecular complexity index is 1310. The van der Waals surface area contributed by atoms with E-state index in [-0.39, 0.29) is 10.9 Å². The third-order valence-corrected chi connectivity index (χ3v) is 7.29. The summed E-state index contributed by atoms with van der Waals surface area (Å²) >= 11 is 6.09. The molecule has 37 heavy (non-hydrogen) atoms. The monoisotopic (exact) mass is 523 g/mol. The molecule has 2 saturated heterocycles. The van der Waals surface area contributed by atoms with Gasteiger partial charge in [0, 0.05) is 57.3 Å². The number of rotatable bonds is 5. The van der Waals surface area contributed by atoms with Gasteiger partial charge < -0.3 is 20.0 Å². The SMILES string of the molecule is CC(=O)Nc1cnc(N2CCN(c3cc(-c4ccc(F)c(Cl)c4)nc(N4CCCC4C)n3)CC2)c(C)c1. The number of nitrogens with zero attached hydrogens (tertiary/aromatic N) is 6. The quantitative estimate of drug-likeness (QED) is 0.509. The molecule has 2 aliphatic rings. The van der Waals surface area contributed by atoms with Crippen LogP contribution in [0.3, 0.4) is 0 Å². The second kappa shape index (κ2) is 10.5. The van der Waals surface area contributed by atoms with Crippen LogP contribution >= 0.6 is 11.6 Å². The molecule has 1 atom stereocenters. The van der Waals surface area contributed by atoms with Crippen molar-refractivity contribution in [2.45, 2.75) is 39.7 Å². The third-order valence-electron chi connectivity index (χ3n) is 7.00. The van der Waals surface area contributed by atoms with Crippen LogP contribution in [0.5, 0.6) is 0 Å². The average Bonchev–Trinajstić information content (AvgIpc) is 3.31. The lowest BCUT2D eigenvalue weighted by Gasteiger charge is -2.37. The molecule has 0 saturated carbocycles. The van der Waals surface area contributed by atoms with Crippen LogP contribution < -0.4 is 20.0 Å². The maximum atomic E-state index is 13.8. The zero-order chi connectivity index (χ0) is 26.1. The Morgan fingerprint density at radius 1 is 1.08 bits per heavy atom. The van der Waals surface area contributed by atoms with Gasteiger partial charge in [-0.3, -0.25) is 4.79 Å².